The van der Waals surface area contributed by atoms with E-state index in [1.165, 1.54) is 18.2 Å². The van der Waals surface area contributed by atoms with Gasteiger partial charge >= 0.3 is 0 Å². The zero-order valence-corrected chi connectivity index (χ0v) is 12.3. The number of hydrogen-bond donors (Lipinski definition) is 0. The van der Waals surface area contributed by atoms with Crippen molar-refractivity contribution in [3.8, 4) is 0 Å². The van der Waals surface area contributed by atoms with Gasteiger partial charge in [-0.1, -0.05) is 45.7 Å². The Morgan fingerprint density at radius 3 is 2.53 bits per heavy atom. The molecule has 2 aromatic carbocycles. The molecule has 0 fully saturated rings. The first-order valence-corrected chi connectivity index (χ1v) is 6.92. The van der Waals surface area contributed by atoms with E-state index in [-0.39, 0.29) is 18.6 Å². The Balaban J connectivity index is 2.10. The Hall–Kier alpha value is -1.19. The van der Waals surface area contributed by atoms with Gasteiger partial charge in [-0.25, -0.2) is 4.39 Å². The molecular formula is C15H11BrClFO. The molecule has 0 radical (unpaired) electrons. The number of benzene rings is 2. The van der Waals surface area contributed by atoms with Gasteiger partial charge in [0.2, 0.25) is 0 Å². The molecule has 0 amide bonds. The molecule has 19 heavy (non-hydrogen) atoms. The van der Waals surface area contributed by atoms with E-state index >= 15 is 0 Å². The van der Waals surface area contributed by atoms with Gasteiger partial charge in [0.05, 0.1) is 0 Å². The number of ketones is 1. The van der Waals surface area contributed by atoms with Crippen LogP contribution in [0.2, 0.25) is 5.02 Å². The highest BCUT2D eigenvalue weighted by atomic mass is 79.9. The van der Waals surface area contributed by atoms with Crippen LogP contribution >= 0.6 is 27.5 Å². The third-order valence-corrected chi connectivity index (χ3v) is 3.75. The first-order valence-electron chi connectivity index (χ1n) is 5.75. The maximum atomic E-state index is 13.5. The minimum absolute atomic E-state index is 0.0481. The summed E-state index contributed by atoms with van der Waals surface area (Å²) in [5, 5.41) is 0.435. The smallest absolute Gasteiger partial charge is 0.141 e. The molecule has 0 heterocycles. The Bertz CT molecular complexity index is 613. The molecular weight excluding hydrogens is 331 g/mol. The van der Waals surface area contributed by atoms with E-state index in [0.29, 0.717) is 10.6 Å². The van der Waals surface area contributed by atoms with Crippen LogP contribution in [0.3, 0.4) is 0 Å². The summed E-state index contributed by atoms with van der Waals surface area (Å²) in [7, 11) is 0. The summed E-state index contributed by atoms with van der Waals surface area (Å²) < 4.78 is 14.4. The molecule has 0 saturated carbocycles. The zero-order chi connectivity index (χ0) is 13.8. The quantitative estimate of drug-likeness (QED) is 0.794. The highest BCUT2D eigenvalue weighted by Crippen LogP contribution is 2.19. The lowest BCUT2D eigenvalue weighted by molar-refractivity contribution is -0.117. The maximum absolute atomic E-state index is 13.5. The monoisotopic (exact) mass is 340 g/mol. The van der Waals surface area contributed by atoms with Crippen LogP contribution in [-0.2, 0) is 17.6 Å². The third-order valence-electron chi connectivity index (χ3n) is 2.74. The first kappa shape index (κ1) is 14.2. The van der Waals surface area contributed by atoms with Crippen LogP contribution in [0.15, 0.2) is 46.9 Å². The van der Waals surface area contributed by atoms with Gasteiger partial charge in [0, 0.05) is 22.3 Å². The average molecular weight is 342 g/mol. The molecule has 0 spiro atoms. The van der Waals surface area contributed by atoms with Crippen molar-refractivity contribution in [2.75, 3.05) is 0 Å². The van der Waals surface area contributed by atoms with Crippen LogP contribution in [0.25, 0.3) is 0 Å². The summed E-state index contributed by atoms with van der Waals surface area (Å²) in [6, 6.07) is 11.7. The fourth-order valence-corrected chi connectivity index (χ4v) is 2.43. The maximum Gasteiger partial charge on any atom is 0.141 e. The summed E-state index contributed by atoms with van der Waals surface area (Å²) in [4.78, 5) is 12.0. The molecule has 1 nitrogen and oxygen atoms in total. The predicted octanol–water partition coefficient (Wildman–Crippen LogP) is 4.60. The molecule has 0 N–H and O–H groups in total. The number of carbonyl (C=O) groups excluding carboxylic acids is 1. The topological polar surface area (TPSA) is 17.1 Å². The summed E-state index contributed by atoms with van der Waals surface area (Å²) in [6.07, 6.45) is 0.321. The number of carbonyl (C=O) groups is 1. The van der Waals surface area contributed by atoms with Gasteiger partial charge in [-0.15, -0.1) is 0 Å². The molecule has 0 aliphatic carbocycles. The number of rotatable bonds is 4. The van der Waals surface area contributed by atoms with Gasteiger partial charge < -0.3 is 0 Å². The summed E-state index contributed by atoms with van der Waals surface area (Å²) in [5.74, 6) is -0.446. The lowest BCUT2D eigenvalue weighted by Gasteiger charge is -2.05. The molecule has 98 valence electrons. The molecule has 4 heteroatoms. The molecule has 0 unspecified atom stereocenters. The first-order chi connectivity index (χ1) is 9.06. The fourth-order valence-electron chi connectivity index (χ4n) is 1.81. The van der Waals surface area contributed by atoms with Gasteiger partial charge in [0.25, 0.3) is 0 Å². The standard InChI is InChI=1S/C15H11BrClFO/c16-14-4-2-1-3-10(14)8-13(19)9-11-7-12(17)5-6-15(11)18/h1-7H,8-9H2. The van der Waals surface area contributed by atoms with E-state index in [1.54, 1.807) is 0 Å². The zero-order valence-electron chi connectivity index (χ0n) is 10.00. The van der Waals surface area contributed by atoms with Crippen molar-refractivity contribution in [2.24, 2.45) is 0 Å². The highest BCUT2D eigenvalue weighted by Gasteiger charge is 2.11. The molecule has 0 bridgehead atoms. The predicted molar refractivity (Wildman–Crippen MR) is 78.0 cm³/mol. The fraction of sp³-hybridized carbons (Fsp3) is 0.133. The Labute approximate surface area is 124 Å². The molecule has 0 aliphatic heterocycles. The number of hydrogen-bond acceptors (Lipinski definition) is 1. The minimum atomic E-state index is -0.398. The van der Waals surface area contributed by atoms with Gasteiger partial charge in [-0.2, -0.15) is 0 Å². The van der Waals surface area contributed by atoms with Crippen molar-refractivity contribution in [3.05, 3.63) is 68.9 Å². The van der Waals surface area contributed by atoms with Crippen molar-refractivity contribution < 1.29 is 9.18 Å². The van der Waals surface area contributed by atoms with Crippen LogP contribution in [0.4, 0.5) is 4.39 Å². The number of Topliss-reactive ketones (excluding diaryl/α,β-unsaturated/α-hetero) is 1. The van der Waals surface area contributed by atoms with Gasteiger partial charge in [-0.3, -0.25) is 4.79 Å². The Morgan fingerprint density at radius 2 is 1.79 bits per heavy atom. The lowest BCUT2D eigenvalue weighted by atomic mass is 10.0. The molecule has 0 aliphatic rings. The average Bonchev–Trinajstić information content (AvgIpc) is 2.37. The minimum Gasteiger partial charge on any atom is -0.299 e. The normalized spacial score (nSPS) is 10.5. The van der Waals surface area contributed by atoms with E-state index in [9.17, 15) is 9.18 Å². The van der Waals surface area contributed by atoms with Crippen LogP contribution in [0.5, 0.6) is 0 Å². The van der Waals surface area contributed by atoms with Crippen molar-refractivity contribution in [1.82, 2.24) is 0 Å². The van der Waals surface area contributed by atoms with Crippen molar-refractivity contribution >= 4 is 33.3 Å². The van der Waals surface area contributed by atoms with Gasteiger partial charge in [0.15, 0.2) is 0 Å². The largest absolute Gasteiger partial charge is 0.299 e. The van der Waals surface area contributed by atoms with Crippen LogP contribution in [0, 0.1) is 5.82 Å². The van der Waals surface area contributed by atoms with Crippen molar-refractivity contribution in [3.63, 3.8) is 0 Å². The molecule has 0 atom stereocenters. The summed E-state index contributed by atoms with van der Waals surface area (Å²) in [5.41, 5.74) is 1.24. The third kappa shape index (κ3) is 3.88. The molecule has 2 rings (SSSR count). The second-order valence-corrected chi connectivity index (χ2v) is 5.51. The van der Waals surface area contributed by atoms with E-state index in [0.717, 1.165) is 10.0 Å². The van der Waals surface area contributed by atoms with E-state index in [2.05, 4.69) is 15.9 Å². The number of halogens is 3. The second kappa shape index (κ2) is 6.31. The van der Waals surface area contributed by atoms with E-state index in [4.69, 9.17) is 11.6 Å². The SMILES string of the molecule is O=C(Cc1cc(Cl)ccc1F)Cc1ccccc1Br. The second-order valence-electron chi connectivity index (χ2n) is 4.22. The van der Waals surface area contributed by atoms with Crippen LogP contribution < -0.4 is 0 Å². The van der Waals surface area contributed by atoms with Crippen molar-refractivity contribution in [1.29, 1.82) is 0 Å². The van der Waals surface area contributed by atoms with Crippen LogP contribution in [-0.4, -0.2) is 5.78 Å². The van der Waals surface area contributed by atoms with Crippen molar-refractivity contribution in [2.45, 2.75) is 12.8 Å². The highest BCUT2D eigenvalue weighted by molar-refractivity contribution is 9.10. The Morgan fingerprint density at radius 1 is 1.11 bits per heavy atom. The summed E-state index contributed by atoms with van der Waals surface area (Å²) in [6.45, 7) is 0. The Kier molecular flexibility index (Phi) is 4.72. The molecule has 0 aromatic heterocycles. The molecule has 2 aromatic rings. The summed E-state index contributed by atoms with van der Waals surface area (Å²) >= 11 is 9.19. The van der Waals surface area contributed by atoms with Gasteiger partial charge in [-0.05, 0) is 35.4 Å². The van der Waals surface area contributed by atoms with Gasteiger partial charge in [0.1, 0.15) is 11.6 Å². The van der Waals surface area contributed by atoms with E-state index in [1.807, 2.05) is 24.3 Å². The van der Waals surface area contributed by atoms with E-state index < -0.39 is 5.82 Å². The lowest BCUT2D eigenvalue weighted by Crippen LogP contribution is -2.08. The molecule has 0 saturated heterocycles. The van der Waals surface area contributed by atoms with Crippen LogP contribution in [0.1, 0.15) is 11.1 Å².